The van der Waals surface area contributed by atoms with E-state index in [2.05, 4.69) is 17.1 Å². The van der Waals surface area contributed by atoms with Crippen LogP contribution in [0.1, 0.15) is 11.1 Å². The fourth-order valence-electron chi connectivity index (χ4n) is 1.68. The number of aromatic nitrogens is 2. The fourth-order valence-corrected chi connectivity index (χ4v) is 1.68. The Labute approximate surface area is 100 Å². The summed E-state index contributed by atoms with van der Waals surface area (Å²) in [5.74, 6) is 2.64. The molecule has 0 atom stereocenters. The van der Waals surface area contributed by atoms with Crippen molar-refractivity contribution in [2.24, 2.45) is 0 Å². The molecule has 1 aromatic heterocycles. The predicted molar refractivity (Wildman–Crippen MR) is 65.9 cm³/mol. The summed E-state index contributed by atoms with van der Waals surface area (Å²) in [5.41, 5.74) is 4.02. The zero-order valence-corrected chi connectivity index (χ0v) is 9.51. The van der Waals surface area contributed by atoms with Gasteiger partial charge >= 0.3 is 0 Å². The Morgan fingerprint density at radius 1 is 1.41 bits per heavy atom. The molecule has 0 spiro atoms. The number of nitrogens with zero attached hydrogens (tertiary/aromatic N) is 3. The molecule has 82 valence electrons. The molecule has 1 aromatic carbocycles. The molecule has 0 radical (unpaired) electrons. The van der Waals surface area contributed by atoms with Crippen LogP contribution in [0.25, 0.3) is 11.1 Å². The summed E-state index contributed by atoms with van der Waals surface area (Å²) in [7, 11) is 0. The average Bonchev–Trinajstić information content (AvgIpc) is 2.78. The van der Waals surface area contributed by atoms with Gasteiger partial charge in [0.15, 0.2) is 0 Å². The number of terminal acetylenes is 1. The molecule has 1 heterocycles. The Bertz CT molecular complexity index is 624. The summed E-state index contributed by atoms with van der Waals surface area (Å²) in [4.78, 5) is 0. The van der Waals surface area contributed by atoms with Crippen LogP contribution >= 0.6 is 0 Å². The minimum absolute atomic E-state index is 0.265. The predicted octanol–water partition coefficient (Wildman–Crippen LogP) is 2.36. The number of benzene rings is 1. The Hall–Kier alpha value is -2.52. The third kappa shape index (κ3) is 2.19. The molecule has 0 bridgehead atoms. The minimum atomic E-state index is 0.265. The second kappa shape index (κ2) is 4.55. The number of nitriles is 1. The minimum Gasteiger partial charge on any atom is -0.258 e. The van der Waals surface area contributed by atoms with E-state index >= 15 is 0 Å². The van der Waals surface area contributed by atoms with Gasteiger partial charge in [-0.25, -0.2) is 0 Å². The third-order valence-corrected chi connectivity index (χ3v) is 2.58. The molecule has 0 saturated heterocycles. The first-order valence-electron chi connectivity index (χ1n) is 5.21. The second-order valence-corrected chi connectivity index (χ2v) is 3.76. The highest BCUT2D eigenvalue weighted by molar-refractivity contribution is 5.64. The molecule has 2 aromatic rings. The molecule has 0 aliphatic rings. The van der Waals surface area contributed by atoms with E-state index in [-0.39, 0.29) is 6.54 Å². The van der Waals surface area contributed by atoms with Crippen molar-refractivity contribution in [3.63, 3.8) is 0 Å². The maximum atomic E-state index is 8.58. The van der Waals surface area contributed by atoms with E-state index < -0.39 is 0 Å². The van der Waals surface area contributed by atoms with E-state index in [0.717, 1.165) is 22.3 Å². The smallest absolute Gasteiger partial charge is 0.128 e. The van der Waals surface area contributed by atoms with Crippen LogP contribution in [0.2, 0.25) is 0 Å². The highest BCUT2D eigenvalue weighted by Gasteiger charge is 2.03. The lowest BCUT2D eigenvalue weighted by molar-refractivity contribution is 0.710. The van der Waals surface area contributed by atoms with Crippen LogP contribution in [0.4, 0.5) is 0 Å². The molecule has 0 amide bonds. The van der Waals surface area contributed by atoms with Crippen LogP contribution in [0, 0.1) is 30.6 Å². The van der Waals surface area contributed by atoms with Crippen molar-refractivity contribution in [2.75, 3.05) is 0 Å². The molecular formula is C14H11N3. The van der Waals surface area contributed by atoms with Crippen molar-refractivity contribution in [3.8, 4) is 29.5 Å². The highest BCUT2D eigenvalue weighted by atomic mass is 15.3. The largest absolute Gasteiger partial charge is 0.258 e. The first kappa shape index (κ1) is 11.0. The van der Waals surface area contributed by atoms with E-state index in [9.17, 15) is 0 Å². The van der Waals surface area contributed by atoms with Gasteiger partial charge in [0.2, 0.25) is 0 Å². The zero-order valence-electron chi connectivity index (χ0n) is 9.51. The van der Waals surface area contributed by atoms with Crippen LogP contribution in [0.3, 0.4) is 0 Å². The SMILES string of the molecule is C#Cc1ccc(-c2cnn(CC#N)c2)cc1C. The molecule has 0 fully saturated rings. The van der Waals surface area contributed by atoms with Crippen LogP contribution in [-0.2, 0) is 6.54 Å². The molecule has 0 N–H and O–H groups in total. The van der Waals surface area contributed by atoms with Crippen molar-refractivity contribution in [2.45, 2.75) is 13.5 Å². The molecule has 0 saturated carbocycles. The van der Waals surface area contributed by atoms with Gasteiger partial charge in [-0.15, -0.1) is 6.42 Å². The van der Waals surface area contributed by atoms with Crippen molar-refractivity contribution in [3.05, 3.63) is 41.7 Å². The van der Waals surface area contributed by atoms with Gasteiger partial charge in [0.1, 0.15) is 6.54 Å². The van der Waals surface area contributed by atoms with Crippen molar-refractivity contribution < 1.29 is 0 Å². The Morgan fingerprint density at radius 3 is 2.88 bits per heavy atom. The molecule has 0 unspecified atom stereocenters. The second-order valence-electron chi connectivity index (χ2n) is 3.76. The highest BCUT2D eigenvalue weighted by Crippen LogP contribution is 2.21. The number of hydrogen-bond donors (Lipinski definition) is 0. The first-order valence-corrected chi connectivity index (χ1v) is 5.21. The molecule has 3 nitrogen and oxygen atoms in total. The van der Waals surface area contributed by atoms with Crippen LogP contribution in [0.5, 0.6) is 0 Å². The Balaban J connectivity index is 2.37. The van der Waals surface area contributed by atoms with Crippen LogP contribution < -0.4 is 0 Å². The molecule has 3 heteroatoms. The maximum absolute atomic E-state index is 8.58. The lowest BCUT2D eigenvalue weighted by atomic mass is 10.0. The van der Waals surface area contributed by atoms with Crippen molar-refractivity contribution >= 4 is 0 Å². The lowest BCUT2D eigenvalue weighted by Crippen LogP contribution is -1.94. The standard InChI is InChI=1S/C14H11N3/c1-3-12-4-5-13(8-11(12)2)14-9-16-17(10-14)7-6-15/h1,4-5,8-10H,7H2,2H3. The van der Waals surface area contributed by atoms with Gasteiger partial charge in [-0.3, -0.25) is 4.68 Å². The van der Waals surface area contributed by atoms with E-state index in [4.69, 9.17) is 11.7 Å². The monoisotopic (exact) mass is 221 g/mol. The molecule has 0 aliphatic heterocycles. The summed E-state index contributed by atoms with van der Waals surface area (Å²) in [6.45, 7) is 2.25. The third-order valence-electron chi connectivity index (χ3n) is 2.58. The van der Waals surface area contributed by atoms with Gasteiger partial charge in [0.25, 0.3) is 0 Å². The van der Waals surface area contributed by atoms with E-state index in [1.165, 1.54) is 0 Å². The summed E-state index contributed by atoms with van der Waals surface area (Å²) in [6, 6.07) is 7.97. The Kier molecular flexibility index (Phi) is 2.94. The first-order chi connectivity index (χ1) is 8.24. The normalized spacial score (nSPS) is 9.59. The van der Waals surface area contributed by atoms with Gasteiger partial charge in [0.05, 0.1) is 12.3 Å². The topological polar surface area (TPSA) is 41.6 Å². The zero-order chi connectivity index (χ0) is 12.3. The van der Waals surface area contributed by atoms with Crippen LogP contribution in [-0.4, -0.2) is 9.78 Å². The van der Waals surface area contributed by atoms with Gasteiger partial charge in [-0.1, -0.05) is 18.1 Å². The van der Waals surface area contributed by atoms with Gasteiger partial charge in [0, 0.05) is 17.3 Å². The number of hydrogen-bond acceptors (Lipinski definition) is 2. The summed E-state index contributed by atoms with van der Waals surface area (Å²) < 4.78 is 1.61. The van der Waals surface area contributed by atoms with E-state index in [1.807, 2.05) is 31.3 Å². The summed E-state index contributed by atoms with van der Waals surface area (Å²) in [6.07, 6.45) is 8.99. The molecule has 17 heavy (non-hydrogen) atoms. The van der Waals surface area contributed by atoms with Gasteiger partial charge < -0.3 is 0 Å². The van der Waals surface area contributed by atoms with E-state index in [0.29, 0.717) is 0 Å². The van der Waals surface area contributed by atoms with Gasteiger partial charge in [-0.05, 0) is 24.1 Å². The van der Waals surface area contributed by atoms with Crippen molar-refractivity contribution in [1.82, 2.24) is 9.78 Å². The van der Waals surface area contributed by atoms with Crippen LogP contribution in [0.15, 0.2) is 30.6 Å². The Morgan fingerprint density at radius 2 is 2.24 bits per heavy atom. The fraction of sp³-hybridized carbons (Fsp3) is 0.143. The number of aryl methyl sites for hydroxylation is 1. The van der Waals surface area contributed by atoms with Gasteiger partial charge in [-0.2, -0.15) is 10.4 Å². The van der Waals surface area contributed by atoms with E-state index in [1.54, 1.807) is 10.9 Å². The molecule has 2 rings (SSSR count). The average molecular weight is 221 g/mol. The van der Waals surface area contributed by atoms with Crippen molar-refractivity contribution in [1.29, 1.82) is 5.26 Å². The quantitative estimate of drug-likeness (QED) is 0.730. The molecule has 0 aliphatic carbocycles. The maximum Gasteiger partial charge on any atom is 0.128 e. The molecular weight excluding hydrogens is 210 g/mol. The summed E-state index contributed by atoms with van der Waals surface area (Å²) in [5, 5.41) is 12.7. The summed E-state index contributed by atoms with van der Waals surface area (Å²) >= 11 is 0. The number of rotatable bonds is 2. The lowest BCUT2D eigenvalue weighted by Gasteiger charge is -2.01.